The summed E-state index contributed by atoms with van der Waals surface area (Å²) in [5, 5.41) is 22.8. The van der Waals surface area contributed by atoms with Gasteiger partial charge in [0.25, 0.3) is 11.1 Å². The van der Waals surface area contributed by atoms with Gasteiger partial charge >= 0.3 is 17.1 Å². The van der Waals surface area contributed by atoms with Gasteiger partial charge in [-0.15, -0.1) is 0 Å². The Morgan fingerprint density at radius 3 is 1.32 bits per heavy atom. The topological polar surface area (TPSA) is 94.3 Å². The van der Waals surface area contributed by atoms with E-state index in [1.165, 1.54) is 18.3 Å². The van der Waals surface area contributed by atoms with Crippen LogP contribution in [0.4, 0.5) is 0 Å². The number of nitrogens with zero attached hydrogens (tertiary/aromatic N) is 4. The molecule has 230 valence electrons. The molecule has 8 nitrogen and oxygen atoms in total. The van der Waals surface area contributed by atoms with E-state index >= 15 is 0 Å². The van der Waals surface area contributed by atoms with Crippen LogP contribution in [-0.2, 0) is 43.2 Å². The molecule has 0 atom stereocenters. The molecule has 2 N–H and O–H groups in total. The van der Waals surface area contributed by atoms with Gasteiger partial charge in [0.05, 0.1) is 17.0 Å². The zero-order valence-electron chi connectivity index (χ0n) is 25.1. The first-order valence-electron chi connectivity index (χ1n) is 14.3. The van der Waals surface area contributed by atoms with Gasteiger partial charge < -0.3 is 10.2 Å². The molecule has 0 saturated heterocycles. The van der Waals surface area contributed by atoms with E-state index in [9.17, 15) is 19.8 Å². The maximum absolute atomic E-state index is 13.9. The molecule has 2 saturated carbocycles. The molecule has 2 aromatic heterocycles. The van der Waals surface area contributed by atoms with Gasteiger partial charge in [-0.2, -0.15) is 0 Å². The van der Waals surface area contributed by atoms with Crippen molar-refractivity contribution in [2.45, 2.75) is 59.8 Å². The minimum absolute atomic E-state index is 0. The van der Waals surface area contributed by atoms with Gasteiger partial charge in [-0.1, -0.05) is 24.3 Å². The molecule has 3 aromatic rings. The number of aromatic nitrogens is 4. The van der Waals surface area contributed by atoms with Gasteiger partial charge in [0.2, 0.25) is 11.8 Å². The average Bonchev–Trinajstić information content (AvgIpc) is 3.76. The fraction of sp³-hybridized carbons (Fsp3) is 0.273. The van der Waals surface area contributed by atoms with Crippen LogP contribution >= 0.6 is 24.4 Å². The molecule has 0 unspecified atom stereocenters. The van der Waals surface area contributed by atoms with Crippen LogP contribution in [0, 0.1) is 73.2 Å². The van der Waals surface area contributed by atoms with Crippen LogP contribution in [0.5, 0.6) is 11.8 Å². The van der Waals surface area contributed by atoms with Crippen molar-refractivity contribution in [3.8, 4) is 11.8 Å². The van der Waals surface area contributed by atoms with Gasteiger partial charge in [-0.25, -0.2) is 0 Å². The predicted octanol–water partition coefficient (Wildman–Crippen LogP) is 5.52. The Labute approximate surface area is 280 Å². The molecule has 0 amide bonds. The molecule has 0 bridgehead atoms. The fourth-order valence-electron chi connectivity index (χ4n) is 5.29. The minimum Gasteiger partial charge on any atom is -0.494 e. The van der Waals surface area contributed by atoms with Crippen molar-refractivity contribution >= 4 is 24.4 Å². The smallest absolute Gasteiger partial charge is 0.494 e. The summed E-state index contributed by atoms with van der Waals surface area (Å²) in [5.74, 6) is -0.713. The summed E-state index contributed by atoms with van der Waals surface area (Å²) in [6, 6.07) is 7.42. The third kappa shape index (κ3) is 7.01. The largest absolute Gasteiger partial charge is 2.00 e. The summed E-state index contributed by atoms with van der Waals surface area (Å²) in [6.07, 6.45) is 17.9. The van der Waals surface area contributed by atoms with Crippen molar-refractivity contribution in [2.24, 2.45) is 0 Å². The van der Waals surface area contributed by atoms with E-state index < -0.39 is 17.0 Å². The third-order valence-electron chi connectivity index (χ3n) is 7.51. The molecule has 2 heterocycles. The van der Waals surface area contributed by atoms with Crippen molar-refractivity contribution in [3.63, 3.8) is 0 Å². The molecule has 11 heteroatoms. The first kappa shape index (κ1) is 36.0. The average molecular weight is 673 g/mol. The minimum atomic E-state index is -1.08. The van der Waals surface area contributed by atoms with E-state index in [-0.39, 0.29) is 62.6 Å². The van der Waals surface area contributed by atoms with Gasteiger partial charge in [0, 0.05) is 32.1 Å². The van der Waals surface area contributed by atoms with Crippen LogP contribution in [-0.4, -0.2) is 28.5 Å². The number of benzene rings is 1. The molecule has 0 spiro atoms. The standard InChI is InChI=1S/C28H31N4O4S2.C5H5.Fe/c1-5-29-23(33)21(24(34)30(6-2)27(29)37)20(19-15-13-18(14-16-19)17-11-9-10-12-17)22-25(35)31(7-3)28(38)32(8-4)26(22)36;1-2-4-5-3-1;/h9-16,20,33,35H,5-8H2,1-4H3;1-5H;/q;;+2. The zero-order chi connectivity index (χ0) is 31.3. The van der Waals surface area contributed by atoms with Crippen LogP contribution < -0.4 is 11.1 Å². The molecule has 2 fully saturated rings. The van der Waals surface area contributed by atoms with Crippen molar-refractivity contribution in [3.05, 3.63) is 140 Å². The van der Waals surface area contributed by atoms with Crippen LogP contribution in [0.1, 0.15) is 55.9 Å². The molecule has 1 aromatic carbocycles. The monoisotopic (exact) mass is 672 g/mol. The molecule has 2 aliphatic carbocycles. The van der Waals surface area contributed by atoms with Crippen molar-refractivity contribution in [1.82, 2.24) is 18.3 Å². The molecule has 44 heavy (non-hydrogen) atoms. The van der Waals surface area contributed by atoms with Crippen LogP contribution in [0.15, 0.2) is 33.9 Å². The van der Waals surface area contributed by atoms with Crippen LogP contribution in [0.3, 0.4) is 0 Å². The Bertz CT molecular complexity index is 1570. The van der Waals surface area contributed by atoms with Gasteiger partial charge in [0.15, 0.2) is 9.54 Å². The van der Waals surface area contributed by atoms with E-state index in [0.29, 0.717) is 18.7 Å². The van der Waals surface area contributed by atoms with E-state index in [4.69, 9.17) is 24.4 Å². The maximum atomic E-state index is 13.9. The van der Waals surface area contributed by atoms with E-state index in [0.717, 1.165) is 11.5 Å². The van der Waals surface area contributed by atoms with E-state index in [1.54, 1.807) is 13.8 Å². The molecule has 0 aliphatic heterocycles. The predicted molar refractivity (Wildman–Crippen MR) is 174 cm³/mol. The molecular weight excluding hydrogens is 636 g/mol. The summed E-state index contributed by atoms with van der Waals surface area (Å²) in [6.45, 7) is 8.38. The van der Waals surface area contributed by atoms with Crippen molar-refractivity contribution < 1.29 is 27.3 Å². The van der Waals surface area contributed by atoms with E-state index in [2.05, 4.69) is 0 Å². The number of hydrogen-bond acceptors (Lipinski definition) is 6. The first-order valence-corrected chi connectivity index (χ1v) is 15.1. The van der Waals surface area contributed by atoms with Crippen molar-refractivity contribution in [1.29, 1.82) is 0 Å². The van der Waals surface area contributed by atoms with Crippen molar-refractivity contribution in [2.75, 3.05) is 0 Å². The zero-order valence-corrected chi connectivity index (χ0v) is 27.8. The van der Waals surface area contributed by atoms with Gasteiger partial charge in [-0.3, -0.25) is 27.9 Å². The summed E-state index contributed by atoms with van der Waals surface area (Å²) in [7, 11) is 0. The third-order valence-corrected chi connectivity index (χ3v) is 8.39. The summed E-state index contributed by atoms with van der Waals surface area (Å²) in [4.78, 5) is 27.7. The molecule has 2 aliphatic rings. The van der Waals surface area contributed by atoms with Gasteiger partial charge in [0.1, 0.15) is 0 Å². The SMILES string of the molecule is CCn1c(O)c(C(c2ccc([C]3[CH][CH][CH][CH]3)cc2)c2c(O)n(CC)c(=S)n(CC)c2=O)c(=O)n(CC)c1=S.[CH]1[CH][CH][CH][CH]1.[Fe+2]. The van der Waals surface area contributed by atoms with Gasteiger partial charge in [-0.05, 0) is 121 Å². The maximum Gasteiger partial charge on any atom is 2.00 e. The molecular formula is C33H36FeN4O4S2+2. The summed E-state index contributed by atoms with van der Waals surface area (Å²) < 4.78 is 6.09. The number of rotatable bonds is 8. The summed E-state index contributed by atoms with van der Waals surface area (Å²) >= 11 is 11.0. The Morgan fingerprint density at radius 2 is 0.977 bits per heavy atom. The second-order valence-electron chi connectivity index (χ2n) is 9.82. The quantitative estimate of drug-likeness (QED) is 0.242. The van der Waals surface area contributed by atoms with Crippen LogP contribution in [0.25, 0.3) is 0 Å². The second kappa shape index (κ2) is 16.2. The number of hydrogen-bond donors (Lipinski definition) is 2. The normalized spacial score (nSPS) is 14.8. The number of aromatic hydroxyl groups is 2. The van der Waals surface area contributed by atoms with E-state index in [1.807, 2.05) is 95.9 Å². The van der Waals surface area contributed by atoms with Crippen LogP contribution in [0.2, 0.25) is 0 Å². The summed E-state index contributed by atoms with van der Waals surface area (Å²) in [5.41, 5.74) is 0.424. The Morgan fingerprint density at radius 1 is 0.614 bits per heavy atom. The first-order chi connectivity index (χ1) is 20.7. The fourth-order valence-corrected chi connectivity index (χ4v) is 6.14. The Kier molecular flexibility index (Phi) is 13.3. The second-order valence-corrected chi connectivity index (χ2v) is 10.5. The Hall–Kier alpha value is -2.46. The Balaban J connectivity index is 0.000000801. The molecule has 5 rings (SSSR count). The molecule has 10 radical (unpaired) electrons.